The second-order valence-electron chi connectivity index (χ2n) is 9.03. The van der Waals surface area contributed by atoms with Crippen LogP contribution in [0.25, 0.3) is 10.8 Å². The topological polar surface area (TPSA) is 90.4 Å². The van der Waals surface area contributed by atoms with E-state index in [2.05, 4.69) is 36.1 Å². The molecule has 0 radical (unpaired) electrons. The fraction of sp³-hybridized carbons (Fsp3) is 0.214. The molecule has 178 valence electrons. The second-order valence-corrected chi connectivity index (χ2v) is 9.03. The first kappa shape index (κ1) is 23.9. The Labute approximate surface area is 204 Å². The lowest BCUT2D eigenvalue weighted by molar-refractivity contribution is 0.0518. The lowest BCUT2D eigenvalue weighted by atomic mass is 9.87. The molecule has 0 aliphatic heterocycles. The highest BCUT2D eigenvalue weighted by Crippen LogP contribution is 2.28. The van der Waals surface area contributed by atoms with Crippen molar-refractivity contribution in [3.63, 3.8) is 0 Å². The minimum Gasteiger partial charge on any atom is -0.461 e. The number of esters is 1. The molecule has 35 heavy (non-hydrogen) atoms. The van der Waals surface area contributed by atoms with Gasteiger partial charge in [-0.3, -0.25) is 4.79 Å². The van der Waals surface area contributed by atoms with E-state index in [4.69, 9.17) is 9.47 Å². The van der Waals surface area contributed by atoms with Crippen molar-refractivity contribution in [1.82, 2.24) is 9.97 Å². The molecule has 0 atom stereocenters. The molecule has 0 saturated carbocycles. The van der Waals surface area contributed by atoms with E-state index in [1.165, 1.54) is 18.0 Å². The van der Waals surface area contributed by atoms with Crippen molar-refractivity contribution in [3.8, 4) is 11.6 Å². The summed E-state index contributed by atoms with van der Waals surface area (Å²) < 4.78 is 10.8. The highest BCUT2D eigenvalue weighted by Gasteiger charge is 2.15. The first-order valence-corrected chi connectivity index (χ1v) is 11.4. The molecule has 0 aliphatic carbocycles. The molecule has 3 aromatic carbocycles. The van der Waals surface area contributed by atoms with E-state index in [0.29, 0.717) is 11.3 Å². The summed E-state index contributed by atoms with van der Waals surface area (Å²) in [6.07, 6.45) is 1.25. The number of benzene rings is 3. The van der Waals surface area contributed by atoms with E-state index in [0.717, 1.165) is 16.5 Å². The first-order chi connectivity index (χ1) is 16.7. The molecule has 0 saturated heterocycles. The molecular formula is C28H27N3O4. The van der Waals surface area contributed by atoms with Crippen LogP contribution in [0.1, 0.15) is 54.1 Å². The molecule has 1 N–H and O–H groups in total. The Morgan fingerprint density at radius 2 is 1.71 bits per heavy atom. The van der Waals surface area contributed by atoms with E-state index in [1.54, 1.807) is 19.1 Å². The monoisotopic (exact) mass is 469 g/mol. The average molecular weight is 470 g/mol. The van der Waals surface area contributed by atoms with Gasteiger partial charge in [-0.1, -0.05) is 45.0 Å². The van der Waals surface area contributed by atoms with Gasteiger partial charge in [0.2, 0.25) is 5.88 Å². The number of nitrogens with zero attached hydrogens (tertiary/aromatic N) is 2. The van der Waals surface area contributed by atoms with Crippen LogP contribution in [0.5, 0.6) is 11.6 Å². The van der Waals surface area contributed by atoms with Gasteiger partial charge in [-0.25, -0.2) is 14.8 Å². The van der Waals surface area contributed by atoms with E-state index in [-0.39, 0.29) is 29.5 Å². The van der Waals surface area contributed by atoms with Crippen molar-refractivity contribution in [2.75, 3.05) is 11.9 Å². The van der Waals surface area contributed by atoms with Crippen LogP contribution in [-0.2, 0) is 10.2 Å². The second kappa shape index (κ2) is 9.93. The summed E-state index contributed by atoms with van der Waals surface area (Å²) >= 11 is 0. The minimum atomic E-state index is -0.540. The van der Waals surface area contributed by atoms with Gasteiger partial charge >= 0.3 is 5.97 Å². The molecule has 1 aromatic heterocycles. The van der Waals surface area contributed by atoms with E-state index >= 15 is 0 Å². The van der Waals surface area contributed by atoms with Gasteiger partial charge in [-0.15, -0.1) is 0 Å². The molecule has 4 aromatic rings. The summed E-state index contributed by atoms with van der Waals surface area (Å²) in [6, 6.07) is 20.2. The molecule has 0 bridgehead atoms. The third-order valence-electron chi connectivity index (χ3n) is 5.45. The zero-order valence-corrected chi connectivity index (χ0v) is 20.2. The number of carbonyl (C=O) groups is 2. The minimum absolute atomic E-state index is 0.0457. The van der Waals surface area contributed by atoms with Crippen molar-refractivity contribution < 1.29 is 19.1 Å². The molecule has 0 aliphatic rings. The summed E-state index contributed by atoms with van der Waals surface area (Å²) in [4.78, 5) is 32.9. The third-order valence-corrected chi connectivity index (χ3v) is 5.45. The Hall–Kier alpha value is -4.26. The maximum absolute atomic E-state index is 13.0. The molecule has 7 nitrogen and oxygen atoms in total. The third kappa shape index (κ3) is 5.63. The maximum Gasteiger partial charge on any atom is 0.357 e. The van der Waals surface area contributed by atoms with E-state index in [9.17, 15) is 9.59 Å². The highest BCUT2D eigenvalue weighted by atomic mass is 16.5. The Balaban J connectivity index is 1.54. The van der Waals surface area contributed by atoms with Gasteiger partial charge in [0.1, 0.15) is 12.1 Å². The van der Waals surface area contributed by atoms with Crippen LogP contribution < -0.4 is 10.1 Å². The summed E-state index contributed by atoms with van der Waals surface area (Å²) in [5, 5.41) is 4.60. The number of nitrogens with one attached hydrogen (secondary N) is 1. The van der Waals surface area contributed by atoms with Crippen LogP contribution in [0, 0.1) is 0 Å². The number of rotatable bonds is 6. The number of hydrogen-bond acceptors (Lipinski definition) is 6. The number of fused-ring (bicyclic) bond motifs is 1. The summed E-state index contributed by atoms with van der Waals surface area (Å²) in [7, 11) is 0. The number of aromatic nitrogens is 2. The number of hydrogen-bond donors (Lipinski definition) is 1. The number of anilines is 1. The lowest BCUT2D eigenvalue weighted by Gasteiger charge is -2.19. The fourth-order valence-electron chi connectivity index (χ4n) is 3.61. The summed E-state index contributed by atoms with van der Waals surface area (Å²) in [6.45, 7) is 8.43. The Morgan fingerprint density at radius 1 is 0.943 bits per heavy atom. The molecule has 1 amide bonds. The van der Waals surface area contributed by atoms with Crippen LogP contribution in [0.3, 0.4) is 0 Å². The van der Waals surface area contributed by atoms with Crippen LogP contribution in [-0.4, -0.2) is 28.5 Å². The smallest absolute Gasteiger partial charge is 0.357 e. The van der Waals surface area contributed by atoms with Gasteiger partial charge in [0.15, 0.2) is 5.69 Å². The number of carbonyl (C=O) groups excluding carboxylic acids is 2. The zero-order valence-electron chi connectivity index (χ0n) is 20.2. The number of ether oxygens (including phenoxy) is 2. The van der Waals surface area contributed by atoms with Crippen LogP contribution >= 0.6 is 0 Å². The molecule has 7 heteroatoms. The Bertz CT molecular complexity index is 1380. The van der Waals surface area contributed by atoms with Gasteiger partial charge in [0, 0.05) is 17.3 Å². The van der Waals surface area contributed by atoms with Crippen molar-refractivity contribution in [1.29, 1.82) is 0 Å². The normalized spacial score (nSPS) is 11.2. The summed E-state index contributed by atoms with van der Waals surface area (Å²) in [5.74, 6) is 0.000887. The Morgan fingerprint density at radius 3 is 2.43 bits per heavy atom. The van der Waals surface area contributed by atoms with Gasteiger partial charge in [0.25, 0.3) is 5.91 Å². The average Bonchev–Trinajstić information content (AvgIpc) is 2.83. The standard InChI is InChI=1S/C28H27N3O4/c1-5-34-27(33)24-16-25(30-17-29-24)35-21-13-14-22-18(15-21)7-6-8-23(22)26(32)31-20-11-9-19(10-12-20)28(2,3)4/h6-17H,5H2,1-4H3,(H,31,32). The molecular weight excluding hydrogens is 442 g/mol. The van der Waals surface area contributed by atoms with Crippen molar-refractivity contribution in [3.05, 3.63) is 89.9 Å². The van der Waals surface area contributed by atoms with Gasteiger partial charge in [0.05, 0.1) is 6.61 Å². The SMILES string of the molecule is CCOC(=O)c1cc(Oc2ccc3c(C(=O)Nc4ccc(C(C)(C)C)cc4)cccc3c2)ncn1. The van der Waals surface area contributed by atoms with Crippen molar-refractivity contribution in [2.45, 2.75) is 33.1 Å². The van der Waals surface area contributed by atoms with Crippen LogP contribution in [0.15, 0.2) is 73.1 Å². The van der Waals surface area contributed by atoms with Crippen LogP contribution in [0.4, 0.5) is 5.69 Å². The van der Waals surface area contributed by atoms with Crippen LogP contribution in [0.2, 0.25) is 0 Å². The van der Waals surface area contributed by atoms with Gasteiger partial charge in [-0.2, -0.15) is 0 Å². The Kier molecular flexibility index (Phi) is 6.78. The van der Waals surface area contributed by atoms with Crippen molar-refractivity contribution >= 4 is 28.3 Å². The molecule has 1 heterocycles. The van der Waals surface area contributed by atoms with E-state index < -0.39 is 5.97 Å². The number of amides is 1. The zero-order chi connectivity index (χ0) is 25.0. The maximum atomic E-state index is 13.0. The lowest BCUT2D eigenvalue weighted by Crippen LogP contribution is -2.14. The predicted octanol–water partition coefficient (Wildman–Crippen LogP) is 6.15. The highest BCUT2D eigenvalue weighted by molar-refractivity contribution is 6.13. The predicted molar refractivity (Wildman–Crippen MR) is 135 cm³/mol. The molecule has 4 rings (SSSR count). The first-order valence-electron chi connectivity index (χ1n) is 11.4. The van der Waals surface area contributed by atoms with Crippen molar-refractivity contribution in [2.24, 2.45) is 0 Å². The van der Waals surface area contributed by atoms with E-state index in [1.807, 2.05) is 48.5 Å². The molecule has 0 fully saturated rings. The quantitative estimate of drug-likeness (QED) is 0.341. The fourth-order valence-corrected chi connectivity index (χ4v) is 3.61. The van der Waals surface area contributed by atoms with Gasteiger partial charge in [-0.05, 0) is 65.1 Å². The largest absolute Gasteiger partial charge is 0.461 e. The molecule has 0 spiro atoms. The molecule has 0 unspecified atom stereocenters. The van der Waals surface area contributed by atoms with Gasteiger partial charge < -0.3 is 14.8 Å². The summed E-state index contributed by atoms with van der Waals surface area (Å²) in [5.41, 5.74) is 2.66.